The van der Waals surface area contributed by atoms with Crippen LogP contribution in [-0.2, 0) is 21.2 Å². The maximum absolute atomic E-state index is 12.4. The molecule has 1 N–H and O–H groups in total. The summed E-state index contributed by atoms with van der Waals surface area (Å²) in [4.78, 5) is 12.4. The van der Waals surface area contributed by atoms with Gasteiger partial charge in [0.25, 0.3) is 5.91 Å². The van der Waals surface area contributed by atoms with Crippen LogP contribution in [0.2, 0.25) is 0 Å². The average Bonchev–Trinajstić information content (AvgIpc) is 2.69. The van der Waals surface area contributed by atoms with Gasteiger partial charge in [-0.25, -0.2) is 8.42 Å². The van der Waals surface area contributed by atoms with E-state index >= 15 is 0 Å². The second kappa shape index (κ2) is 10.1. The first-order valence-electron chi connectivity index (χ1n) is 9.33. The highest BCUT2D eigenvalue weighted by Gasteiger charge is 2.18. The molecule has 0 radical (unpaired) electrons. The second-order valence-electron chi connectivity index (χ2n) is 6.62. The number of hydrogen-bond donors (Lipinski definition) is 1. The van der Waals surface area contributed by atoms with Crippen LogP contribution in [0.15, 0.2) is 54.6 Å². The van der Waals surface area contributed by atoms with Crippen LogP contribution in [0.25, 0.3) is 0 Å². The van der Waals surface area contributed by atoms with Crippen molar-refractivity contribution in [1.29, 1.82) is 0 Å². The molecule has 6 nitrogen and oxygen atoms in total. The Hall–Kier alpha value is -2.54. The number of sulfonamides is 1. The van der Waals surface area contributed by atoms with Crippen LogP contribution < -0.4 is 14.4 Å². The molecule has 7 heteroatoms. The lowest BCUT2D eigenvalue weighted by molar-refractivity contribution is -0.128. The highest BCUT2D eigenvalue weighted by molar-refractivity contribution is 7.92. The van der Waals surface area contributed by atoms with Gasteiger partial charge in [0.05, 0.1) is 11.9 Å². The molecule has 28 heavy (non-hydrogen) atoms. The van der Waals surface area contributed by atoms with Crippen LogP contribution >= 0.6 is 0 Å². The van der Waals surface area contributed by atoms with E-state index in [-0.39, 0.29) is 5.91 Å². The summed E-state index contributed by atoms with van der Waals surface area (Å²) in [5.41, 5.74) is 1.78. The van der Waals surface area contributed by atoms with Gasteiger partial charge in [0, 0.05) is 13.6 Å². The second-order valence-corrected chi connectivity index (χ2v) is 8.63. The number of anilines is 1. The number of ether oxygens (including phenoxy) is 1. The van der Waals surface area contributed by atoms with E-state index in [2.05, 4.69) is 17.4 Å². The van der Waals surface area contributed by atoms with Crippen molar-refractivity contribution in [3.05, 3.63) is 60.2 Å². The molecule has 0 spiro atoms. The topological polar surface area (TPSA) is 75.7 Å². The zero-order chi connectivity index (χ0) is 20.6. The smallest absolute Gasteiger partial charge is 0.261 e. The first kappa shape index (κ1) is 21.8. The van der Waals surface area contributed by atoms with E-state index < -0.39 is 16.1 Å². The lowest BCUT2D eigenvalue weighted by Gasteiger charge is -2.19. The Morgan fingerprint density at radius 1 is 1.11 bits per heavy atom. The van der Waals surface area contributed by atoms with Crippen molar-refractivity contribution in [2.45, 2.75) is 32.3 Å². The van der Waals surface area contributed by atoms with E-state index in [1.807, 2.05) is 25.1 Å². The number of benzene rings is 2. The van der Waals surface area contributed by atoms with E-state index in [9.17, 15) is 13.2 Å². The number of rotatable bonds is 10. The molecule has 2 rings (SSSR count). The van der Waals surface area contributed by atoms with Crippen LogP contribution in [0.1, 0.15) is 25.3 Å². The number of hydrogen-bond acceptors (Lipinski definition) is 4. The number of carbonyl (C=O) groups is 1. The molecule has 0 aromatic heterocycles. The number of nitrogens with zero attached hydrogens (tertiary/aromatic N) is 1. The summed E-state index contributed by atoms with van der Waals surface area (Å²) >= 11 is 0. The average molecular weight is 405 g/mol. The van der Waals surface area contributed by atoms with E-state index in [4.69, 9.17) is 4.74 Å². The van der Waals surface area contributed by atoms with E-state index in [1.165, 1.54) is 16.9 Å². The summed E-state index contributed by atoms with van der Waals surface area (Å²) < 4.78 is 30.1. The molecule has 0 unspecified atom stereocenters. The fraction of sp³-hybridized carbons (Fsp3) is 0.381. The summed E-state index contributed by atoms with van der Waals surface area (Å²) in [6.07, 6.45) is 2.87. The molecule has 0 aliphatic heterocycles. The molecular weight excluding hydrogens is 376 g/mol. The van der Waals surface area contributed by atoms with Crippen molar-refractivity contribution in [1.82, 2.24) is 5.32 Å². The van der Waals surface area contributed by atoms with Crippen molar-refractivity contribution in [3.8, 4) is 5.75 Å². The number of nitrogens with one attached hydrogen (secondary N) is 1. The van der Waals surface area contributed by atoms with Gasteiger partial charge in [0.2, 0.25) is 10.0 Å². The summed E-state index contributed by atoms with van der Waals surface area (Å²) in [7, 11) is -1.83. The molecule has 0 bridgehead atoms. The van der Waals surface area contributed by atoms with Gasteiger partial charge in [0.1, 0.15) is 5.75 Å². The first-order chi connectivity index (χ1) is 13.3. The molecule has 152 valence electrons. The summed E-state index contributed by atoms with van der Waals surface area (Å²) in [6.45, 7) is 2.48. The molecule has 0 heterocycles. The Bertz CT molecular complexity index is 852. The van der Waals surface area contributed by atoms with Gasteiger partial charge in [0.15, 0.2) is 6.10 Å². The van der Waals surface area contributed by atoms with Gasteiger partial charge in [-0.05, 0) is 49.1 Å². The van der Waals surface area contributed by atoms with Crippen molar-refractivity contribution in [3.63, 3.8) is 0 Å². The minimum absolute atomic E-state index is 0.145. The Morgan fingerprint density at radius 3 is 2.32 bits per heavy atom. The Kier molecular flexibility index (Phi) is 7.87. The Labute approximate surface area is 167 Å². The molecule has 0 aliphatic rings. The monoisotopic (exact) mass is 404 g/mol. The molecule has 1 amide bonds. The molecule has 1 atom stereocenters. The molecular formula is C21H28N2O4S. The molecule has 0 saturated heterocycles. The maximum Gasteiger partial charge on any atom is 0.261 e. The van der Waals surface area contributed by atoms with Gasteiger partial charge in [-0.3, -0.25) is 9.10 Å². The van der Waals surface area contributed by atoms with Crippen LogP contribution in [0.4, 0.5) is 5.69 Å². The van der Waals surface area contributed by atoms with Gasteiger partial charge in [-0.15, -0.1) is 0 Å². The normalized spacial score (nSPS) is 12.2. The van der Waals surface area contributed by atoms with E-state index in [0.717, 1.165) is 19.1 Å². The largest absolute Gasteiger partial charge is 0.481 e. The Balaban J connectivity index is 1.84. The summed E-state index contributed by atoms with van der Waals surface area (Å²) in [5, 5.41) is 2.92. The van der Waals surface area contributed by atoms with Gasteiger partial charge in [-0.2, -0.15) is 0 Å². The number of aryl methyl sites for hydroxylation is 1. The summed E-state index contributed by atoms with van der Waals surface area (Å²) in [5.74, 6) is 0.379. The summed E-state index contributed by atoms with van der Waals surface area (Å²) in [6, 6.07) is 16.8. The van der Waals surface area contributed by atoms with Crippen molar-refractivity contribution in [2.24, 2.45) is 0 Å². The minimum Gasteiger partial charge on any atom is -0.481 e. The fourth-order valence-electron chi connectivity index (χ4n) is 2.68. The highest BCUT2D eigenvalue weighted by Crippen LogP contribution is 2.21. The predicted octanol–water partition coefficient (Wildman–Crippen LogP) is 2.99. The molecule has 0 aliphatic carbocycles. The Morgan fingerprint density at radius 2 is 1.75 bits per heavy atom. The quantitative estimate of drug-likeness (QED) is 0.618. The highest BCUT2D eigenvalue weighted by atomic mass is 32.2. The van der Waals surface area contributed by atoms with E-state index in [1.54, 1.807) is 24.3 Å². The van der Waals surface area contributed by atoms with Crippen LogP contribution in [0.5, 0.6) is 5.75 Å². The van der Waals surface area contributed by atoms with Crippen LogP contribution in [0.3, 0.4) is 0 Å². The predicted molar refractivity (Wildman–Crippen MR) is 112 cm³/mol. The van der Waals surface area contributed by atoms with Gasteiger partial charge >= 0.3 is 0 Å². The zero-order valence-corrected chi connectivity index (χ0v) is 17.4. The van der Waals surface area contributed by atoms with Crippen molar-refractivity contribution >= 4 is 21.6 Å². The minimum atomic E-state index is -3.31. The SMILES string of the molecule is CC[C@@H](Oc1ccc(N(C)S(C)(=O)=O)cc1)C(=O)NCCCc1ccccc1. The first-order valence-corrected chi connectivity index (χ1v) is 11.2. The lowest BCUT2D eigenvalue weighted by atomic mass is 10.1. The third-order valence-corrected chi connectivity index (χ3v) is 5.63. The van der Waals surface area contributed by atoms with E-state index in [0.29, 0.717) is 24.4 Å². The van der Waals surface area contributed by atoms with Crippen molar-refractivity contribution < 1.29 is 17.9 Å². The molecule has 2 aromatic rings. The van der Waals surface area contributed by atoms with Crippen LogP contribution in [0, 0.1) is 0 Å². The standard InChI is InChI=1S/C21H28N2O4S/c1-4-20(21(24)22-16-8-11-17-9-6-5-7-10-17)27-19-14-12-18(13-15-19)23(2)28(3,25)26/h5-7,9-10,12-15,20H,4,8,11,16H2,1-3H3,(H,22,24)/t20-/m1/s1. The third-order valence-electron chi connectivity index (χ3n) is 4.42. The number of carbonyl (C=O) groups excluding carboxylic acids is 1. The maximum atomic E-state index is 12.4. The molecule has 0 fully saturated rings. The third kappa shape index (κ3) is 6.56. The van der Waals surface area contributed by atoms with Gasteiger partial charge < -0.3 is 10.1 Å². The molecule has 2 aromatic carbocycles. The molecule has 0 saturated carbocycles. The zero-order valence-electron chi connectivity index (χ0n) is 16.6. The van der Waals surface area contributed by atoms with Gasteiger partial charge in [-0.1, -0.05) is 37.3 Å². The number of amides is 1. The lowest BCUT2D eigenvalue weighted by Crippen LogP contribution is -2.38. The van der Waals surface area contributed by atoms with Crippen molar-refractivity contribution in [2.75, 3.05) is 24.2 Å². The fourth-order valence-corrected chi connectivity index (χ4v) is 3.18. The van der Waals surface area contributed by atoms with Crippen LogP contribution in [-0.4, -0.2) is 40.3 Å².